The van der Waals surface area contributed by atoms with Crippen molar-refractivity contribution >= 4 is 51.1 Å². The lowest BCUT2D eigenvalue weighted by Gasteiger charge is -2.45. The highest BCUT2D eigenvalue weighted by molar-refractivity contribution is 6.35. The number of piperazine rings is 1. The Balaban J connectivity index is 1.57. The Morgan fingerprint density at radius 3 is 2.52 bits per heavy atom. The third-order valence-electron chi connectivity index (χ3n) is 8.87. The van der Waals surface area contributed by atoms with Crippen LogP contribution in [0.1, 0.15) is 31.5 Å². The smallest absolute Gasteiger partial charge is 0.280 e. The number of aromatic nitrogens is 4. The summed E-state index contributed by atoms with van der Waals surface area (Å²) < 4.78 is 45.1. The van der Waals surface area contributed by atoms with Crippen LogP contribution >= 0.6 is 11.6 Å². The van der Waals surface area contributed by atoms with Crippen LogP contribution in [0.15, 0.2) is 30.9 Å². The summed E-state index contributed by atoms with van der Waals surface area (Å²) in [7, 11) is 4.00. The summed E-state index contributed by atoms with van der Waals surface area (Å²) in [5.74, 6) is -0.00514. The first-order chi connectivity index (χ1) is 20.9. The molecule has 0 aliphatic carbocycles. The molecule has 0 unspecified atom stereocenters. The molecule has 0 bridgehead atoms. The highest BCUT2D eigenvalue weighted by atomic mass is 35.5. The molecule has 13 heteroatoms. The Morgan fingerprint density at radius 2 is 1.86 bits per heavy atom. The van der Waals surface area contributed by atoms with Crippen LogP contribution in [0.3, 0.4) is 0 Å². The number of anilines is 2. The summed E-state index contributed by atoms with van der Waals surface area (Å²) in [6, 6.07) is 4.91. The molecule has 2 atom stereocenters. The van der Waals surface area contributed by atoms with Gasteiger partial charge in [-0.05, 0) is 58.6 Å². The first kappa shape index (κ1) is 30.1. The largest absolute Gasteiger partial charge is 0.349 e. The van der Waals surface area contributed by atoms with Gasteiger partial charge < -0.3 is 19.6 Å². The van der Waals surface area contributed by atoms with Gasteiger partial charge in [-0.2, -0.15) is 10.1 Å². The topological polar surface area (TPSA) is 84.5 Å². The lowest BCUT2D eigenvalue weighted by molar-refractivity contribution is -0.128. The van der Waals surface area contributed by atoms with E-state index in [0.29, 0.717) is 54.9 Å². The van der Waals surface area contributed by atoms with Gasteiger partial charge in [0.25, 0.3) is 6.43 Å². The van der Waals surface area contributed by atoms with E-state index in [4.69, 9.17) is 21.6 Å². The quantitative estimate of drug-likeness (QED) is 0.280. The summed E-state index contributed by atoms with van der Waals surface area (Å²) in [5, 5.41) is 7.01. The van der Waals surface area contributed by atoms with Gasteiger partial charge in [0.1, 0.15) is 17.0 Å². The van der Waals surface area contributed by atoms with Crippen molar-refractivity contribution < 1.29 is 18.0 Å². The molecule has 9 nitrogen and oxygen atoms in total. The van der Waals surface area contributed by atoms with Gasteiger partial charge in [-0.25, -0.2) is 18.2 Å². The van der Waals surface area contributed by atoms with Crippen molar-refractivity contribution in [2.24, 2.45) is 0 Å². The Kier molecular flexibility index (Phi) is 7.69. The number of hydrogen-bond donors (Lipinski definition) is 1. The van der Waals surface area contributed by atoms with Crippen LogP contribution in [0.5, 0.6) is 0 Å². The predicted molar refractivity (Wildman–Crippen MR) is 167 cm³/mol. The fourth-order valence-corrected chi connectivity index (χ4v) is 6.55. The van der Waals surface area contributed by atoms with E-state index < -0.39 is 17.9 Å². The van der Waals surface area contributed by atoms with Gasteiger partial charge in [0.15, 0.2) is 5.82 Å². The van der Waals surface area contributed by atoms with Gasteiger partial charge in [-0.3, -0.25) is 9.89 Å². The molecule has 232 valence electrons. The molecule has 4 heterocycles. The van der Waals surface area contributed by atoms with Crippen molar-refractivity contribution in [2.45, 2.75) is 45.3 Å². The number of likely N-dealkylation sites (N-methyl/N-ethyl adjacent to an activating group) is 1. The van der Waals surface area contributed by atoms with Gasteiger partial charge >= 0.3 is 0 Å². The minimum atomic E-state index is -2.85. The standard InChI is InChI=1S/C31H34ClF3N8O/c1-7-22(44)42-11-17(4)43(12-16(42)3)30-19-10-20(32)24(23-15(2)8-9-21-25(23)28(29(34)35)39-38-21)26(33)27(19)36-31(37-30)41-13-18(14-41)40(5)6/h7-10,16-18,29H,1,11-14H2,2-6H3,(H,38,39)/t16-,17+/m1/s1. The van der Waals surface area contributed by atoms with E-state index >= 15 is 4.39 Å². The number of halogens is 4. The van der Waals surface area contributed by atoms with Crippen LogP contribution in [-0.4, -0.2) is 94.3 Å². The zero-order valence-electron chi connectivity index (χ0n) is 25.2. The van der Waals surface area contributed by atoms with Gasteiger partial charge in [0.2, 0.25) is 11.9 Å². The molecule has 44 heavy (non-hydrogen) atoms. The number of amides is 1. The Hall–Kier alpha value is -3.90. The molecule has 1 N–H and O–H groups in total. The lowest BCUT2D eigenvalue weighted by atomic mass is 9.93. The number of nitrogens with zero attached hydrogens (tertiary/aromatic N) is 7. The van der Waals surface area contributed by atoms with Crippen molar-refractivity contribution in [2.75, 3.05) is 50.1 Å². The molecular weight excluding hydrogens is 593 g/mol. The molecule has 2 aliphatic rings. The molecule has 0 radical (unpaired) electrons. The van der Waals surface area contributed by atoms with E-state index in [9.17, 15) is 13.6 Å². The number of carbonyl (C=O) groups is 1. The number of alkyl halides is 2. The van der Waals surface area contributed by atoms with E-state index in [0.717, 1.165) is 0 Å². The van der Waals surface area contributed by atoms with Gasteiger partial charge in [-0.15, -0.1) is 0 Å². The minimum Gasteiger partial charge on any atom is -0.349 e. The second kappa shape index (κ2) is 11.2. The number of rotatable bonds is 6. The van der Waals surface area contributed by atoms with E-state index in [-0.39, 0.29) is 50.6 Å². The van der Waals surface area contributed by atoms with Crippen LogP contribution in [-0.2, 0) is 4.79 Å². The molecule has 4 aromatic rings. The Bertz CT molecular complexity index is 1790. The lowest BCUT2D eigenvalue weighted by Crippen LogP contribution is -2.59. The van der Waals surface area contributed by atoms with Crippen molar-refractivity contribution in [1.82, 2.24) is 30.0 Å². The van der Waals surface area contributed by atoms with Crippen molar-refractivity contribution in [1.29, 1.82) is 0 Å². The Morgan fingerprint density at radius 1 is 1.14 bits per heavy atom. The van der Waals surface area contributed by atoms with E-state index in [2.05, 4.69) is 26.6 Å². The zero-order chi connectivity index (χ0) is 31.6. The van der Waals surface area contributed by atoms with E-state index in [1.54, 1.807) is 30.0 Å². The monoisotopic (exact) mass is 626 g/mol. The molecule has 0 saturated carbocycles. The first-order valence-corrected chi connectivity index (χ1v) is 14.9. The third-order valence-corrected chi connectivity index (χ3v) is 9.17. The van der Waals surface area contributed by atoms with E-state index in [1.165, 1.54) is 6.08 Å². The number of aromatic amines is 1. The van der Waals surface area contributed by atoms with Crippen LogP contribution in [0.25, 0.3) is 32.9 Å². The molecule has 2 aromatic heterocycles. The summed E-state index contributed by atoms with van der Waals surface area (Å²) >= 11 is 6.86. The fourth-order valence-electron chi connectivity index (χ4n) is 6.27. The average Bonchev–Trinajstić information content (AvgIpc) is 3.38. The van der Waals surface area contributed by atoms with Gasteiger partial charge in [0, 0.05) is 66.2 Å². The maximum atomic E-state index is 17.0. The molecule has 1 amide bonds. The van der Waals surface area contributed by atoms with Crippen molar-refractivity contribution in [3.63, 3.8) is 0 Å². The number of fused-ring (bicyclic) bond motifs is 2. The SMILES string of the molecule is C=CC(=O)N1C[C@H](C)N(c2nc(N3CC(N(C)C)C3)nc3c(F)c(-c4c(C)ccc5n[nH]c(C(F)F)c45)c(Cl)cc23)C[C@H]1C. The maximum absolute atomic E-state index is 17.0. The highest BCUT2D eigenvalue weighted by Crippen LogP contribution is 2.44. The van der Waals surface area contributed by atoms with Crippen LogP contribution in [0, 0.1) is 12.7 Å². The van der Waals surface area contributed by atoms with Crippen LogP contribution < -0.4 is 9.80 Å². The summed E-state index contributed by atoms with van der Waals surface area (Å²) in [6.07, 6.45) is -1.55. The third kappa shape index (κ3) is 4.84. The molecule has 2 saturated heterocycles. The fraction of sp³-hybridized carbons (Fsp3) is 0.419. The molecule has 2 aromatic carbocycles. The second-order valence-corrected chi connectivity index (χ2v) is 12.4. The molecule has 2 fully saturated rings. The summed E-state index contributed by atoms with van der Waals surface area (Å²) in [5.41, 5.74) is 0.721. The Labute approximate surface area is 258 Å². The number of benzene rings is 2. The number of aryl methyl sites for hydroxylation is 1. The van der Waals surface area contributed by atoms with Crippen molar-refractivity contribution in [3.05, 3.63) is 53.0 Å². The summed E-state index contributed by atoms with van der Waals surface area (Å²) in [4.78, 5) is 30.1. The van der Waals surface area contributed by atoms with Crippen LogP contribution in [0.4, 0.5) is 24.9 Å². The molecule has 6 rings (SSSR count). The molecule has 2 aliphatic heterocycles. The van der Waals surface area contributed by atoms with Gasteiger partial charge in [0.05, 0.1) is 10.5 Å². The number of H-pyrrole nitrogens is 1. The highest BCUT2D eigenvalue weighted by Gasteiger charge is 2.36. The molecular formula is C31H34ClF3N8O. The molecule has 0 spiro atoms. The maximum Gasteiger partial charge on any atom is 0.280 e. The number of hydrogen-bond acceptors (Lipinski definition) is 7. The minimum absolute atomic E-state index is 0.0150. The number of carbonyl (C=O) groups excluding carboxylic acids is 1. The normalized spacial score (nSPS) is 19.5. The van der Waals surface area contributed by atoms with Gasteiger partial charge in [-0.1, -0.05) is 24.2 Å². The first-order valence-electron chi connectivity index (χ1n) is 14.5. The zero-order valence-corrected chi connectivity index (χ0v) is 26.0. The van der Waals surface area contributed by atoms with Crippen LogP contribution in [0.2, 0.25) is 5.02 Å². The summed E-state index contributed by atoms with van der Waals surface area (Å²) in [6.45, 7) is 11.5. The van der Waals surface area contributed by atoms with E-state index in [1.807, 2.05) is 32.8 Å². The average molecular weight is 627 g/mol. The van der Waals surface area contributed by atoms with Crippen molar-refractivity contribution in [3.8, 4) is 11.1 Å². The predicted octanol–water partition coefficient (Wildman–Crippen LogP) is 5.57. The second-order valence-electron chi connectivity index (χ2n) is 11.9. The number of nitrogens with one attached hydrogen (secondary N) is 1.